The highest BCUT2D eigenvalue weighted by Gasteiger charge is 2.21. The molecule has 0 aromatic carbocycles. The van der Waals surface area contributed by atoms with Crippen molar-refractivity contribution in [2.45, 2.75) is 70.4 Å². The first-order valence-electron chi connectivity index (χ1n) is 9.12. The van der Waals surface area contributed by atoms with Crippen molar-refractivity contribution in [1.82, 2.24) is 15.1 Å². The van der Waals surface area contributed by atoms with E-state index in [1.165, 1.54) is 51.4 Å². The smallest absolute Gasteiger partial charge is 0.259 e. The molecule has 2 N–H and O–H groups in total. The van der Waals surface area contributed by atoms with Crippen molar-refractivity contribution in [2.24, 2.45) is 0 Å². The van der Waals surface area contributed by atoms with Crippen molar-refractivity contribution in [3.63, 3.8) is 0 Å². The second kappa shape index (κ2) is 6.79. The van der Waals surface area contributed by atoms with Gasteiger partial charge in [0, 0.05) is 18.3 Å². The van der Waals surface area contributed by atoms with Gasteiger partial charge in [0.05, 0.1) is 11.3 Å². The number of nitrogens with one attached hydrogen (secondary N) is 2. The molecule has 2 heterocycles. The molecule has 0 aliphatic heterocycles. The number of aromatic nitrogens is 3. The number of rotatable bonds is 5. The number of hydrogen-bond acceptors (Lipinski definition) is 6. The largest absolute Gasteiger partial charge is 0.379 e. The second-order valence-corrected chi connectivity index (χ2v) is 7.02. The third kappa shape index (κ3) is 3.37. The van der Waals surface area contributed by atoms with Crippen molar-refractivity contribution in [3.8, 4) is 11.5 Å². The fraction of sp³-hybridized carbons (Fsp3) is 0.611. The van der Waals surface area contributed by atoms with Gasteiger partial charge in [-0.25, -0.2) is 4.98 Å². The summed E-state index contributed by atoms with van der Waals surface area (Å²) in [5, 5.41) is 11.2. The average molecular weight is 327 g/mol. The molecule has 2 aliphatic rings. The Bertz CT molecular complexity index is 688. The van der Waals surface area contributed by atoms with Crippen LogP contribution in [0.15, 0.2) is 16.8 Å². The molecule has 0 saturated heterocycles. The highest BCUT2D eigenvalue weighted by Crippen LogP contribution is 2.32. The molecule has 2 fully saturated rings. The van der Waals surface area contributed by atoms with Crippen LogP contribution in [0, 0.1) is 6.92 Å². The molecule has 2 aromatic rings. The van der Waals surface area contributed by atoms with E-state index in [0.717, 1.165) is 17.1 Å². The Kier molecular flexibility index (Phi) is 4.36. The van der Waals surface area contributed by atoms with Gasteiger partial charge in [-0.05, 0) is 45.1 Å². The standard InChI is InChI=1S/C18H25N5O/c1-12-20-18(24-23-12)13-10-16(21-14-8-5-9-14)17(19-11-13)22-15-6-3-2-4-7-15/h10-11,14-15,21H,2-9H2,1H3,(H,19,22). The van der Waals surface area contributed by atoms with Crippen LogP contribution in [0.2, 0.25) is 0 Å². The predicted molar refractivity (Wildman–Crippen MR) is 94.0 cm³/mol. The summed E-state index contributed by atoms with van der Waals surface area (Å²) < 4.78 is 5.29. The molecular formula is C18H25N5O. The Hall–Kier alpha value is -2.11. The van der Waals surface area contributed by atoms with Crippen molar-refractivity contribution in [2.75, 3.05) is 10.6 Å². The lowest BCUT2D eigenvalue weighted by Crippen LogP contribution is -2.29. The van der Waals surface area contributed by atoms with Crippen LogP contribution in [-0.4, -0.2) is 27.2 Å². The van der Waals surface area contributed by atoms with Crippen molar-refractivity contribution < 1.29 is 4.52 Å². The maximum absolute atomic E-state index is 5.29. The van der Waals surface area contributed by atoms with Crippen LogP contribution in [0.25, 0.3) is 11.5 Å². The lowest BCUT2D eigenvalue weighted by atomic mass is 9.93. The van der Waals surface area contributed by atoms with Crippen LogP contribution in [0.5, 0.6) is 0 Å². The zero-order chi connectivity index (χ0) is 16.4. The van der Waals surface area contributed by atoms with Crippen molar-refractivity contribution in [3.05, 3.63) is 18.1 Å². The van der Waals surface area contributed by atoms with Crippen LogP contribution in [0.1, 0.15) is 57.2 Å². The lowest BCUT2D eigenvalue weighted by Gasteiger charge is -2.30. The van der Waals surface area contributed by atoms with Gasteiger partial charge in [0.15, 0.2) is 5.82 Å². The molecule has 2 aliphatic carbocycles. The molecule has 2 aromatic heterocycles. The number of pyridine rings is 1. The summed E-state index contributed by atoms with van der Waals surface area (Å²) in [5.41, 5.74) is 1.92. The highest BCUT2D eigenvalue weighted by molar-refractivity contribution is 5.71. The van der Waals surface area contributed by atoms with E-state index in [-0.39, 0.29) is 0 Å². The molecule has 0 amide bonds. The van der Waals surface area contributed by atoms with E-state index in [0.29, 0.717) is 23.8 Å². The van der Waals surface area contributed by atoms with E-state index in [1.807, 2.05) is 13.1 Å². The average Bonchev–Trinajstić information content (AvgIpc) is 2.99. The molecule has 24 heavy (non-hydrogen) atoms. The van der Waals surface area contributed by atoms with Gasteiger partial charge in [-0.3, -0.25) is 0 Å². The molecule has 4 rings (SSSR count). The first kappa shape index (κ1) is 15.4. The molecule has 0 bridgehead atoms. The second-order valence-electron chi connectivity index (χ2n) is 7.02. The molecule has 0 radical (unpaired) electrons. The predicted octanol–water partition coefficient (Wildman–Crippen LogP) is 4.15. The van der Waals surface area contributed by atoms with Crippen LogP contribution < -0.4 is 10.6 Å². The molecule has 6 nitrogen and oxygen atoms in total. The Balaban J connectivity index is 1.58. The van der Waals surface area contributed by atoms with Crippen molar-refractivity contribution >= 4 is 11.5 Å². The van der Waals surface area contributed by atoms with Gasteiger partial charge >= 0.3 is 0 Å². The number of anilines is 2. The number of aryl methyl sites for hydroxylation is 1. The normalized spacial score (nSPS) is 19.0. The van der Waals surface area contributed by atoms with Crippen molar-refractivity contribution in [1.29, 1.82) is 0 Å². The van der Waals surface area contributed by atoms with E-state index >= 15 is 0 Å². The minimum Gasteiger partial charge on any atom is -0.379 e. The van der Waals surface area contributed by atoms with E-state index in [4.69, 9.17) is 4.52 Å². The molecule has 6 heteroatoms. The lowest BCUT2D eigenvalue weighted by molar-refractivity contribution is 0.425. The fourth-order valence-corrected chi connectivity index (χ4v) is 3.43. The van der Waals surface area contributed by atoms with Gasteiger partial charge in [-0.1, -0.05) is 24.4 Å². The van der Waals surface area contributed by atoms with E-state index in [9.17, 15) is 0 Å². The SMILES string of the molecule is Cc1noc(-c2cnc(NC3CCCCC3)c(NC3CCC3)c2)n1. The van der Waals surface area contributed by atoms with Gasteiger partial charge in [-0.2, -0.15) is 4.98 Å². The monoisotopic (exact) mass is 327 g/mol. The molecule has 128 valence electrons. The first-order valence-corrected chi connectivity index (χ1v) is 9.12. The molecule has 0 atom stereocenters. The summed E-state index contributed by atoms with van der Waals surface area (Å²) in [6.07, 6.45) is 12.0. The fourth-order valence-electron chi connectivity index (χ4n) is 3.43. The Morgan fingerprint density at radius 3 is 2.42 bits per heavy atom. The third-order valence-corrected chi connectivity index (χ3v) is 5.07. The summed E-state index contributed by atoms with van der Waals surface area (Å²) in [5.74, 6) is 2.12. The third-order valence-electron chi connectivity index (χ3n) is 5.07. The van der Waals surface area contributed by atoms with E-state index < -0.39 is 0 Å². The molecule has 2 saturated carbocycles. The molecule has 0 unspecified atom stereocenters. The van der Waals surface area contributed by atoms with Crippen LogP contribution in [-0.2, 0) is 0 Å². The maximum atomic E-state index is 5.29. The summed E-state index contributed by atoms with van der Waals surface area (Å²) in [7, 11) is 0. The quantitative estimate of drug-likeness (QED) is 0.859. The van der Waals surface area contributed by atoms with E-state index in [2.05, 4.69) is 31.8 Å². The number of nitrogens with zero attached hydrogens (tertiary/aromatic N) is 3. The van der Waals surface area contributed by atoms with Gasteiger partial charge in [-0.15, -0.1) is 0 Å². The van der Waals surface area contributed by atoms with Gasteiger partial charge in [0.2, 0.25) is 0 Å². The molecule has 0 spiro atoms. The highest BCUT2D eigenvalue weighted by atomic mass is 16.5. The Morgan fingerprint density at radius 1 is 1.00 bits per heavy atom. The van der Waals surface area contributed by atoms with Gasteiger partial charge < -0.3 is 15.2 Å². The Morgan fingerprint density at radius 2 is 1.75 bits per heavy atom. The van der Waals surface area contributed by atoms with Gasteiger partial charge in [0.1, 0.15) is 5.82 Å². The minimum absolute atomic E-state index is 0.529. The maximum Gasteiger partial charge on any atom is 0.259 e. The minimum atomic E-state index is 0.529. The summed E-state index contributed by atoms with van der Waals surface area (Å²) >= 11 is 0. The summed E-state index contributed by atoms with van der Waals surface area (Å²) in [6, 6.07) is 3.17. The zero-order valence-corrected chi connectivity index (χ0v) is 14.2. The van der Waals surface area contributed by atoms with Crippen LogP contribution in [0.4, 0.5) is 11.5 Å². The first-order chi connectivity index (χ1) is 11.8. The summed E-state index contributed by atoms with van der Waals surface area (Å²) in [6.45, 7) is 1.83. The number of hydrogen-bond donors (Lipinski definition) is 2. The summed E-state index contributed by atoms with van der Waals surface area (Å²) in [4.78, 5) is 8.98. The van der Waals surface area contributed by atoms with Crippen LogP contribution in [0.3, 0.4) is 0 Å². The zero-order valence-electron chi connectivity index (χ0n) is 14.2. The van der Waals surface area contributed by atoms with Gasteiger partial charge in [0.25, 0.3) is 5.89 Å². The van der Waals surface area contributed by atoms with Crippen LogP contribution >= 0.6 is 0 Å². The molecular weight excluding hydrogens is 302 g/mol. The van der Waals surface area contributed by atoms with E-state index in [1.54, 1.807) is 0 Å². The topological polar surface area (TPSA) is 75.9 Å². The Labute approximate surface area is 142 Å².